The predicted octanol–water partition coefficient (Wildman–Crippen LogP) is 4.18. The first kappa shape index (κ1) is 21.6. The fraction of sp³-hybridized carbons (Fsp3) is 0.450. The van der Waals surface area contributed by atoms with Crippen LogP contribution in [0.1, 0.15) is 48.5 Å². The minimum atomic E-state index is -4.29. The van der Waals surface area contributed by atoms with Crippen LogP contribution in [0.2, 0.25) is 5.02 Å². The highest BCUT2D eigenvalue weighted by atomic mass is 35.5. The number of hydrogen-bond acceptors (Lipinski definition) is 5. The number of nitrogens with zero attached hydrogens (tertiary/aromatic N) is 2. The lowest BCUT2D eigenvalue weighted by atomic mass is 9.88. The topological polar surface area (TPSA) is 109 Å². The Hall–Kier alpha value is -2.59. The summed E-state index contributed by atoms with van der Waals surface area (Å²) in [7, 11) is 0. The molecule has 0 unspecified atom stereocenters. The summed E-state index contributed by atoms with van der Waals surface area (Å²) >= 11 is 5.89. The highest BCUT2D eigenvalue weighted by Crippen LogP contribution is 2.50. The van der Waals surface area contributed by atoms with E-state index in [-0.39, 0.29) is 36.4 Å². The number of amides is 1. The van der Waals surface area contributed by atoms with Crippen LogP contribution < -0.4 is 16.4 Å². The second kappa shape index (κ2) is 7.83. The van der Waals surface area contributed by atoms with Crippen LogP contribution in [0.5, 0.6) is 0 Å². The zero-order chi connectivity index (χ0) is 22.4. The molecule has 1 heterocycles. The Morgan fingerprint density at radius 1 is 1.26 bits per heavy atom. The molecule has 2 aliphatic rings. The van der Waals surface area contributed by atoms with Gasteiger partial charge in [-0.15, -0.1) is 0 Å². The van der Waals surface area contributed by atoms with Crippen molar-refractivity contribution in [2.45, 2.75) is 55.9 Å². The van der Waals surface area contributed by atoms with Crippen molar-refractivity contribution >= 4 is 34.7 Å². The number of alkyl halides is 3. The normalized spacial score (nSPS) is 22.9. The number of carbonyl (C=O) groups excluding carboxylic acids is 1. The van der Waals surface area contributed by atoms with E-state index in [2.05, 4.69) is 15.7 Å². The van der Waals surface area contributed by atoms with Crippen molar-refractivity contribution in [3.63, 3.8) is 0 Å². The van der Waals surface area contributed by atoms with Crippen LogP contribution in [0.4, 0.5) is 24.7 Å². The summed E-state index contributed by atoms with van der Waals surface area (Å²) in [5.74, 6) is -0.428. The van der Waals surface area contributed by atoms with Gasteiger partial charge >= 0.3 is 6.18 Å². The molecule has 5 N–H and O–H groups in total. The molecule has 1 aromatic heterocycles. The molecule has 0 bridgehead atoms. The van der Waals surface area contributed by atoms with Crippen molar-refractivity contribution in [2.24, 2.45) is 5.73 Å². The van der Waals surface area contributed by atoms with E-state index in [1.165, 1.54) is 10.9 Å². The summed E-state index contributed by atoms with van der Waals surface area (Å²) < 4.78 is 41.2. The summed E-state index contributed by atoms with van der Waals surface area (Å²) in [4.78, 5) is 11.9. The van der Waals surface area contributed by atoms with Crippen molar-refractivity contribution in [1.82, 2.24) is 15.1 Å². The molecule has 4 rings (SSSR count). The molecule has 166 valence electrons. The SMILES string of the molecule is N=C1C[C@H](NC2(C(F)(F)F)CC2)CC[C@@H]1n1cc(C(N)=O)c(Nc2ccc(Cl)cc2)n1. The van der Waals surface area contributed by atoms with Gasteiger partial charge in [-0.2, -0.15) is 18.3 Å². The summed E-state index contributed by atoms with van der Waals surface area (Å²) in [6.07, 6.45) is -1.57. The quantitative estimate of drug-likeness (QED) is 0.525. The molecule has 2 saturated carbocycles. The van der Waals surface area contributed by atoms with Crippen molar-refractivity contribution < 1.29 is 18.0 Å². The maximum atomic E-state index is 13.2. The average molecular weight is 455 g/mol. The zero-order valence-corrected chi connectivity index (χ0v) is 17.2. The third kappa shape index (κ3) is 4.40. The summed E-state index contributed by atoms with van der Waals surface area (Å²) in [5.41, 5.74) is 4.77. The van der Waals surface area contributed by atoms with Crippen LogP contribution in [0.3, 0.4) is 0 Å². The number of benzene rings is 1. The number of aromatic nitrogens is 2. The van der Waals surface area contributed by atoms with Gasteiger partial charge in [0.25, 0.3) is 5.91 Å². The Morgan fingerprint density at radius 2 is 1.94 bits per heavy atom. The lowest BCUT2D eigenvalue weighted by Gasteiger charge is -2.33. The molecule has 0 saturated heterocycles. The smallest absolute Gasteiger partial charge is 0.365 e. The second-order valence-corrected chi connectivity index (χ2v) is 8.55. The van der Waals surface area contributed by atoms with E-state index in [0.717, 1.165) is 0 Å². The molecule has 0 spiro atoms. The van der Waals surface area contributed by atoms with Gasteiger partial charge in [0.05, 0.1) is 6.04 Å². The number of halogens is 4. The van der Waals surface area contributed by atoms with Crippen molar-refractivity contribution in [1.29, 1.82) is 5.41 Å². The van der Waals surface area contributed by atoms with E-state index in [0.29, 0.717) is 23.6 Å². The molecule has 7 nitrogen and oxygen atoms in total. The molecule has 31 heavy (non-hydrogen) atoms. The molecule has 1 amide bonds. The van der Waals surface area contributed by atoms with Gasteiger partial charge < -0.3 is 21.8 Å². The van der Waals surface area contributed by atoms with E-state index < -0.39 is 29.7 Å². The minimum Gasteiger partial charge on any atom is -0.365 e. The summed E-state index contributed by atoms with van der Waals surface area (Å²) in [6.45, 7) is 0. The van der Waals surface area contributed by atoms with Crippen LogP contribution in [-0.2, 0) is 0 Å². The Morgan fingerprint density at radius 3 is 2.48 bits per heavy atom. The van der Waals surface area contributed by atoms with Gasteiger partial charge in [-0.3, -0.25) is 9.48 Å². The van der Waals surface area contributed by atoms with Crippen LogP contribution in [0.15, 0.2) is 30.5 Å². The molecule has 2 aliphatic carbocycles. The zero-order valence-electron chi connectivity index (χ0n) is 16.5. The number of nitrogens with one attached hydrogen (secondary N) is 3. The molecular formula is C20H22ClF3N6O. The van der Waals surface area contributed by atoms with Gasteiger partial charge in [-0.1, -0.05) is 11.6 Å². The van der Waals surface area contributed by atoms with E-state index >= 15 is 0 Å². The van der Waals surface area contributed by atoms with Crippen LogP contribution >= 0.6 is 11.6 Å². The van der Waals surface area contributed by atoms with E-state index in [4.69, 9.17) is 22.7 Å². The third-order valence-corrected chi connectivity index (χ3v) is 6.11. The summed E-state index contributed by atoms with van der Waals surface area (Å²) in [5, 5.41) is 19.1. The van der Waals surface area contributed by atoms with Crippen molar-refractivity contribution in [2.75, 3.05) is 5.32 Å². The number of primary amides is 1. The lowest BCUT2D eigenvalue weighted by molar-refractivity contribution is -0.168. The Labute approximate surface area is 181 Å². The monoisotopic (exact) mass is 454 g/mol. The standard InChI is InChI=1S/C20H22ClF3N6O/c21-11-1-3-12(4-2-11)27-18-14(17(26)31)10-30(29-18)16-6-5-13(9-15(16)25)28-19(7-8-19)20(22,23)24/h1-4,10,13,16,25,28H,5-9H2,(H2,26,31)(H,27,29)/t13-,16+/m1/s1. The first-order valence-electron chi connectivity index (χ1n) is 9.91. The minimum absolute atomic E-state index is 0.0740. The van der Waals surface area contributed by atoms with Crippen LogP contribution in [0.25, 0.3) is 0 Å². The number of carbonyl (C=O) groups is 1. The average Bonchev–Trinajstić information content (AvgIpc) is 3.36. The first-order chi connectivity index (χ1) is 14.6. The number of nitrogens with two attached hydrogens (primary N) is 1. The third-order valence-electron chi connectivity index (χ3n) is 5.85. The van der Waals surface area contributed by atoms with Crippen molar-refractivity contribution in [3.05, 3.63) is 41.0 Å². The number of rotatable bonds is 6. The lowest BCUT2D eigenvalue weighted by Crippen LogP contribution is -2.52. The van der Waals surface area contributed by atoms with Gasteiger partial charge in [0, 0.05) is 35.1 Å². The molecule has 11 heteroatoms. The van der Waals surface area contributed by atoms with E-state index in [9.17, 15) is 18.0 Å². The Bertz CT molecular complexity index is 999. The van der Waals surface area contributed by atoms with Gasteiger partial charge in [-0.25, -0.2) is 0 Å². The van der Waals surface area contributed by atoms with Gasteiger partial charge in [0.1, 0.15) is 11.1 Å². The van der Waals surface area contributed by atoms with Gasteiger partial charge in [0.2, 0.25) is 0 Å². The van der Waals surface area contributed by atoms with Crippen molar-refractivity contribution in [3.8, 4) is 0 Å². The molecular weight excluding hydrogens is 433 g/mol. The predicted molar refractivity (Wildman–Crippen MR) is 111 cm³/mol. The fourth-order valence-electron chi connectivity index (χ4n) is 3.97. The largest absolute Gasteiger partial charge is 0.406 e. The second-order valence-electron chi connectivity index (χ2n) is 8.11. The molecule has 0 aliphatic heterocycles. The molecule has 2 fully saturated rings. The molecule has 2 aromatic rings. The number of hydrogen-bond donors (Lipinski definition) is 4. The fourth-order valence-corrected chi connectivity index (χ4v) is 4.10. The molecule has 2 atom stereocenters. The van der Waals surface area contributed by atoms with Crippen LogP contribution in [0, 0.1) is 5.41 Å². The van der Waals surface area contributed by atoms with E-state index in [1.807, 2.05) is 0 Å². The van der Waals surface area contributed by atoms with E-state index in [1.54, 1.807) is 24.3 Å². The highest BCUT2D eigenvalue weighted by Gasteiger charge is 2.63. The summed E-state index contributed by atoms with van der Waals surface area (Å²) in [6, 6.07) is 5.95. The van der Waals surface area contributed by atoms with Gasteiger partial charge in [-0.05, 0) is 49.9 Å². The van der Waals surface area contributed by atoms with Gasteiger partial charge in [0.15, 0.2) is 5.82 Å². The first-order valence-corrected chi connectivity index (χ1v) is 10.3. The highest BCUT2D eigenvalue weighted by molar-refractivity contribution is 6.30. The Balaban J connectivity index is 1.48. The molecule has 1 aromatic carbocycles. The maximum absolute atomic E-state index is 13.2. The molecule has 0 radical (unpaired) electrons. The maximum Gasteiger partial charge on any atom is 0.406 e. The number of anilines is 2. The Kier molecular flexibility index (Phi) is 5.47. The van der Waals surface area contributed by atoms with Crippen LogP contribution in [-0.4, -0.2) is 39.2 Å².